The number of allylic oxidation sites excluding steroid dienone is 2. The van der Waals surface area contributed by atoms with Gasteiger partial charge in [-0.25, -0.2) is 0 Å². The molecular formula is C19H13BrCl3NO2. The quantitative estimate of drug-likeness (QED) is 0.359. The fourth-order valence-corrected chi connectivity index (χ4v) is 5.52. The lowest BCUT2D eigenvalue weighted by Gasteiger charge is -2.39. The molecule has 0 saturated carbocycles. The highest BCUT2D eigenvalue weighted by atomic mass is 79.9. The number of hydrogen-bond donors (Lipinski definition) is 1. The van der Waals surface area contributed by atoms with E-state index in [1.807, 2.05) is 12.1 Å². The zero-order chi connectivity index (χ0) is 18.0. The zero-order valence-electron chi connectivity index (χ0n) is 13.4. The summed E-state index contributed by atoms with van der Waals surface area (Å²) in [7, 11) is 0. The first-order valence-corrected chi connectivity index (χ1v) is 10.2. The Hall–Kier alpha value is -1.07. The number of hydrogen-bond acceptors (Lipinski definition) is 3. The zero-order valence-corrected chi connectivity index (χ0v) is 17.2. The molecule has 1 aliphatic carbocycles. The number of benzene rings is 2. The first-order valence-electron chi connectivity index (χ1n) is 8.24. The molecule has 5 rings (SSSR count). The summed E-state index contributed by atoms with van der Waals surface area (Å²) in [4.78, 5) is 0. The van der Waals surface area contributed by atoms with Crippen LogP contribution in [0.1, 0.15) is 29.5 Å². The molecule has 0 fully saturated rings. The molecule has 7 heteroatoms. The van der Waals surface area contributed by atoms with Gasteiger partial charge in [0, 0.05) is 16.0 Å². The Morgan fingerprint density at radius 2 is 1.81 bits per heavy atom. The van der Waals surface area contributed by atoms with Crippen molar-refractivity contribution in [2.45, 2.75) is 18.4 Å². The van der Waals surface area contributed by atoms with E-state index in [4.69, 9.17) is 44.3 Å². The van der Waals surface area contributed by atoms with Crippen LogP contribution in [0.3, 0.4) is 0 Å². The fourth-order valence-electron chi connectivity index (χ4n) is 4.14. The van der Waals surface area contributed by atoms with Gasteiger partial charge in [0.25, 0.3) is 0 Å². The largest absolute Gasteiger partial charge is 0.454 e. The van der Waals surface area contributed by atoms with E-state index in [1.54, 1.807) is 6.07 Å². The minimum absolute atomic E-state index is 0.0566. The van der Waals surface area contributed by atoms with Crippen molar-refractivity contribution in [1.29, 1.82) is 0 Å². The van der Waals surface area contributed by atoms with Crippen LogP contribution >= 0.6 is 50.7 Å². The van der Waals surface area contributed by atoms with Crippen LogP contribution in [0.4, 0.5) is 5.69 Å². The molecule has 0 radical (unpaired) electrons. The summed E-state index contributed by atoms with van der Waals surface area (Å²) in [5.41, 5.74) is 2.94. The second kappa shape index (κ2) is 6.23. The summed E-state index contributed by atoms with van der Waals surface area (Å²) in [6.45, 7) is 0.250. The molecule has 3 unspecified atom stereocenters. The van der Waals surface area contributed by atoms with Crippen LogP contribution in [0.15, 0.2) is 34.8 Å². The highest BCUT2D eigenvalue weighted by Gasteiger charge is 2.41. The molecule has 0 spiro atoms. The smallest absolute Gasteiger partial charge is 0.231 e. The van der Waals surface area contributed by atoms with E-state index in [-0.39, 0.29) is 18.8 Å². The highest BCUT2D eigenvalue weighted by Crippen LogP contribution is 2.56. The fraction of sp³-hybridized carbons (Fsp3) is 0.263. The van der Waals surface area contributed by atoms with Gasteiger partial charge in [0.15, 0.2) is 11.5 Å². The third kappa shape index (κ3) is 2.46. The van der Waals surface area contributed by atoms with Crippen LogP contribution in [0, 0.1) is 5.92 Å². The number of nitrogens with one attached hydrogen (secondary N) is 1. The molecule has 1 N–H and O–H groups in total. The lowest BCUT2D eigenvalue weighted by Crippen LogP contribution is -2.29. The van der Waals surface area contributed by atoms with Crippen molar-refractivity contribution in [2.75, 3.05) is 12.1 Å². The topological polar surface area (TPSA) is 30.5 Å². The molecule has 2 aliphatic heterocycles. The molecule has 26 heavy (non-hydrogen) atoms. The molecule has 134 valence electrons. The molecule has 2 aromatic carbocycles. The average Bonchev–Trinajstić information content (AvgIpc) is 3.26. The van der Waals surface area contributed by atoms with Crippen LogP contribution in [0.25, 0.3) is 0 Å². The van der Waals surface area contributed by atoms with Crippen molar-refractivity contribution >= 4 is 56.4 Å². The Morgan fingerprint density at radius 3 is 2.62 bits per heavy atom. The number of ether oxygens (including phenoxy) is 2. The summed E-state index contributed by atoms with van der Waals surface area (Å²) in [5, 5.41) is 5.25. The van der Waals surface area contributed by atoms with Crippen molar-refractivity contribution < 1.29 is 9.47 Å². The minimum Gasteiger partial charge on any atom is -0.454 e. The monoisotopic (exact) mass is 471 g/mol. The number of anilines is 1. The van der Waals surface area contributed by atoms with Gasteiger partial charge in [0.2, 0.25) is 6.79 Å². The van der Waals surface area contributed by atoms with E-state index in [9.17, 15) is 0 Å². The Bertz CT molecular complexity index is 963. The predicted molar refractivity (Wildman–Crippen MR) is 108 cm³/mol. The Kier molecular flexibility index (Phi) is 4.09. The molecule has 0 saturated heterocycles. The van der Waals surface area contributed by atoms with Crippen molar-refractivity contribution in [3.63, 3.8) is 0 Å². The Morgan fingerprint density at radius 1 is 1.04 bits per heavy atom. The standard InChI is InChI=1S/C19H13BrCl3NO2/c20-11-5-15-14(25-7-26-15)4-10(11)18-9-3-1-2-8(9)16-17(23)12(21)6-13(22)19(16)24-18/h1-2,4-6,8-9,18,24H,3,7H2. The maximum Gasteiger partial charge on any atom is 0.231 e. The van der Waals surface area contributed by atoms with Gasteiger partial charge in [-0.3, -0.25) is 0 Å². The van der Waals surface area contributed by atoms with E-state index in [0.29, 0.717) is 21.0 Å². The van der Waals surface area contributed by atoms with E-state index in [0.717, 1.165) is 39.2 Å². The van der Waals surface area contributed by atoms with Crippen LogP contribution in [0.5, 0.6) is 11.5 Å². The second-order valence-corrected chi connectivity index (χ2v) is 8.69. The molecule has 3 aliphatic rings. The molecule has 2 aromatic rings. The average molecular weight is 474 g/mol. The lowest BCUT2D eigenvalue weighted by molar-refractivity contribution is 0.174. The maximum absolute atomic E-state index is 6.54. The van der Waals surface area contributed by atoms with Crippen molar-refractivity contribution in [2.24, 2.45) is 5.92 Å². The van der Waals surface area contributed by atoms with Crippen LogP contribution in [-0.4, -0.2) is 6.79 Å². The van der Waals surface area contributed by atoms with Gasteiger partial charge in [0.1, 0.15) is 0 Å². The Labute approximate surface area is 174 Å². The first kappa shape index (κ1) is 17.1. The molecule has 0 amide bonds. The maximum atomic E-state index is 6.54. The van der Waals surface area contributed by atoms with Gasteiger partial charge in [-0.2, -0.15) is 0 Å². The van der Waals surface area contributed by atoms with Crippen LogP contribution in [0.2, 0.25) is 15.1 Å². The summed E-state index contributed by atoms with van der Waals surface area (Å²) in [6.07, 6.45) is 5.35. The van der Waals surface area contributed by atoms with Gasteiger partial charge >= 0.3 is 0 Å². The van der Waals surface area contributed by atoms with Gasteiger partial charge in [-0.1, -0.05) is 62.9 Å². The molecule has 0 aromatic heterocycles. The Balaban J connectivity index is 1.66. The number of rotatable bonds is 1. The molecule has 0 bridgehead atoms. The van der Waals surface area contributed by atoms with Crippen LogP contribution in [-0.2, 0) is 0 Å². The van der Waals surface area contributed by atoms with Crippen molar-refractivity contribution in [3.8, 4) is 11.5 Å². The minimum atomic E-state index is 0.0566. The van der Waals surface area contributed by atoms with Gasteiger partial charge in [0.05, 0.1) is 26.8 Å². The lowest BCUT2D eigenvalue weighted by atomic mass is 9.77. The van der Waals surface area contributed by atoms with Gasteiger partial charge in [-0.05, 0) is 36.1 Å². The number of fused-ring (bicyclic) bond motifs is 4. The van der Waals surface area contributed by atoms with Crippen molar-refractivity contribution in [3.05, 3.63) is 61.0 Å². The highest BCUT2D eigenvalue weighted by molar-refractivity contribution is 9.10. The van der Waals surface area contributed by atoms with E-state index in [2.05, 4.69) is 33.4 Å². The summed E-state index contributed by atoms with van der Waals surface area (Å²) >= 11 is 23.0. The third-order valence-corrected chi connectivity index (χ3v) is 7.10. The summed E-state index contributed by atoms with van der Waals surface area (Å²) in [6, 6.07) is 5.75. The van der Waals surface area contributed by atoms with Crippen LogP contribution < -0.4 is 14.8 Å². The first-order chi connectivity index (χ1) is 12.5. The van der Waals surface area contributed by atoms with Crippen molar-refractivity contribution in [1.82, 2.24) is 0 Å². The summed E-state index contributed by atoms with van der Waals surface area (Å²) < 4.78 is 12.0. The molecule has 3 atom stereocenters. The summed E-state index contributed by atoms with van der Waals surface area (Å²) in [5.74, 6) is 1.99. The van der Waals surface area contributed by atoms with Gasteiger partial charge in [-0.15, -0.1) is 0 Å². The molecule has 3 nitrogen and oxygen atoms in total. The number of halogens is 4. The third-order valence-electron chi connectivity index (χ3n) is 5.31. The van der Waals surface area contributed by atoms with Gasteiger partial charge < -0.3 is 14.8 Å². The normalized spacial score (nSPS) is 25.0. The SMILES string of the molecule is Clc1cc(Cl)c2c(c1Cl)C1C=CCC1C(c1cc3c(cc1Br)OCO3)N2. The molecular weight excluding hydrogens is 460 g/mol. The predicted octanol–water partition coefficient (Wildman–Crippen LogP) is 6.96. The van der Waals surface area contributed by atoms with E-state index >= 15 is 0 Å². The van der Waals surface area contributed by atoms with E-state index < -0.39 is 0 Å². The van der Waals surface area contributed by atoms with E-state index in [1.165, 1.54) is 0 Å². The molecule has 2 heterocycles. The second-order valence-electron chi connectivity index (χ2n) is 6.65.